The number of piperidine rings is 1. The van der Waals surface area contributed by atoms with E-state index in [-0.39, 0.29) is 5.92 Å². The average molecular weight is 198 g/mol. The molecule has 0 aromatic carbocycles. The zero-order valence-electron chi connectivity index (χ0n) is 9.33. The van der Waals surface area contributed by atoms with Gasteiger partial charge in [0.15, 0.2) is 0 Å². The fourth-order valence-corrected chi connectivity index (χ4v) is 2.10. The number of nitrogens with two attached hydrogens (primary N) is 1. The Hall–Kier alpha value is -0.410. The summed E-state index contributed by atoms with van der Waals surface area (Å²) in [5.74, 6) is 0.947. The van der Waals surface area contributed by atoms with Gasteiger partial charge in [-0.2, -0.15) is 0 Å². The predicted molar refractivity (Wildman–Crippen MR) is 58.1 cm³/mol. The van der Waals surface area contributed by atoms with E-state index in [9.17, 15) is 4.79 Å². The minimum atomic E-state index is 0.195. The zero-order chi connectivity index (χ0) is 10.6. The van der Waals surface area contributed by atoms with Crippen molar-refractivity contribution in [2.75, 3.05) is 26.2 Å². The van der Waals surface area contributed by atoms with Crippen molar-refractivity contribution >= 4 is 5.78 Å². The van der Waals surface area contributed by atoms with E-state index < -0.39 is 0 Å². The van der Waals surface area contributed by atoms with Crippen molar-refractivity contribution in [1.82, 2.24) is 4.90 Å². The minimum absolute atomic E-state index is 0.195. The first-order valence-electron chi connectivity index (χ1n) is 5.61. The quantitative estimate of drug-likeness (QED) is 0.729. The summed E-state index contributed by atoms with van der Waals surface area (Å²) in [6.45, 7) is 7.77. The first-order chi connectivity index (χ1) is 6.65. The molecule has 3 nitrogen and oxygen atoms in total. The molecule has 14 heavy (non-hydrogen) atoms. The van der Waals surface area contributed by atoms with E-state index >= 15 is 0 Å². The molecule has 0 aliphatic carbocycles. The van der Waals surface area contributed by atoms with E-state index in [4.69, 9.17) is 5.73 Å². The second-order valence-corrected chi connectivity index (χ2v) is 4.46. The lowest BCUT2D eigenvalue weighted by Crippen LogP contribution is -2.39. The van der Waals surface area contributed by atoms with Gasteiger partial charge >= 0.3 is 0 Å². The molecular weight excluding hydrogens is 176 g/mol. The second kappa shape index (κ2) is 5.47. The number of hydrogen-bond donors (Lipinski definition) is 1. The first kappa shape index (κ1) is 11.7. The highest BCUT2D eigenvalue weighted by molar-refractivity contribution is 5.82. The maximum absolute atomic E-state index is 11.7. The molecule has 1 aliphatic heterocycles. The van der Waals surface area contributed by atoms with Gasteiger partial charge in [0.25, 0.3) is 0 Å². The van der Waals surface area contributed by atoms with Crippen molar-refractivity contribution in [3.8, 4) is 0 Å². The number of carbonyl (C=O) groups excluding carboxylic acids is 1. The highest BCUT2D eigenvalue weighted by atomic mass is 16.1. The standard InChI is InChI=1S/C11H22N2O/c1-9(2)11(14)10-3-6-13(7-4-10)8-5-12/h9-10H,3-8,12H2,1-2H3. The van der Waals surface area contributed by atoms with Crippen molar-refractivity contribution in [3.05, 3.63) is 0 Å². The van der Waals surface area contributed by atoms with Crippen LogP contribution in [0.2, 0.25) is 0 Å². The maximum atomic E-state index is 11.7. The van der Waals surface area contributed by atoms with Crippen LogP contribution < -0.4 is 5.73 Å². The lowest BCUT2D eigenvalue weighted by Gasteiger charge is -2.31. The summed E-state index contributed by atoms with van der Waals surface area (Å²) in [4.78, 5) is 14.1. The topological polar surface area (TPSA) is 46.3 Å². The number of nitrogens with zero attached hydrogens (tertiary/aromatic N) is 1. The van der Waals surface area contributed by atoms with Gasteiger partial charge in [-0.3, -0.25) is 4.79 Å². The van der Waals surface area contributed by atoms with Gasteiger partial charge in [0.1, 0.15) is 5.78 Å². The number of rotatable bonds is 4. The smallest absolute Gasteiger partial charge is 0.138 e. The second-order valence-electron chi connectivity index (χ2n) is 4.46. The number of carbonyl (C=O) groups is 1. The molecule has 0 saturated carbocycles. The van der Waals surface area contributed by atoms with Crippen molar-refractivity contribution in [2.45, 2.75) is 26.7 Å². The Balaban J connectivity index is 2.32. The first-order valence-corrected chi connectivity index (χ1v) is 5.61. The van der Waals surface area contributed by atoms with Crippen molar-refractivity contribution in [3.63, 3.8) is 0 Å². The van der Waals surface area contributed by atoms with Gasteiger partial charge in [0.05, 0.1) is 0 Å². The number of likely N-dealkylation sites (tertiary alicyclic amines) is 1. The third-order valence-electron chi connectivity index (χ3n) is 3.00. The summed E-state index contributed by atoms with van der Waals surface area (Å²) in [7, 11) is 0. The fraction of sp³-hybridized carbons (Fsp3) is 0.909. The molecule has 0 unspecified atom stereocenters. The molecule has 1 heterocycles. The average Bonchev–Trinajstić information content (AvgIpc) is 2.18. The SMILES string of the molecule is CC(C)C(=O)C1CCN(CCN)CC1. The Bertz CT molecular complexity index is 184. The summed E-state index contributed by atoms with van der Waals surface area (Å²) in [5, 5.41) is 0. The van der Waals surface area contributed by atoms with Gasteiger partial charge < -0.3 is 10.6 Å². The lowest BCUT2D eigenvalue weighted by atomic mass is 9.87. The van der Waals surface area contributed by atoms with Crippen LogP contribution in [0.1, 0.15) is 26.7 Å². The Morgan fingerprint density at radius 2 is 2.00 bits per heavy atom. The predicted octanol–water partition coefficient (Wildman–Crippen LogP) is 0.882. The van der Waals surface area contributed by atoms with Gasteiger partial charge in [-0.15, -0.1) is 0 Å². The number of Topliss-reactive ketones (excluding diaryl/α,β-unsaturated/α-hetero) is 1. The highest BCUT2D eigenvalue weighted by Gasteiger charge is 2.25. The Morgan fingerprint density at radius 3 is 2.43 bits per heavy atom. The van der Waals surface area contributed by atoms with E-state index in [1.54, 1.807) is 0 Å². The fourth-order valence-electron chi connectivity index (χ4n) is 2.10. The summed E-state index contributed by atoms with van der Waals surface area (Å²) in [5.41, 5.74) is 5.49. The molecule has 0 aromatic heterocycles. The molecule has 82 valence electrons. The van der Waals surface area contributed by atoms with Gasteiger partial charge in [0.2, 0.25) is 0 Å². The van der Waals surface area contributed by atoms with Gasteiger partial charge in [-0.05, 0) is 25.9 Å². The monoisotopic (exact) mass is 198 g/mol. The summed E-state index contributed by atoms with van der Waals surface area (Å²) < 4.78 is 0. The summed E-state index contributed by atoms with van der Waals surface area (Å²) >= 11 is 0. The molecule has 1 fully saturated rings. The third-order valence-corrected chi connectivity index (χ3v) is 3.00. The number of hydrogen-bond acceptors (Lipinski definition) is 3. The number of ketones is 1. The summed E-state index contributed by atoms with van der Waals surface area (Å²) in [6.07, 6.45) is 2.05. The van der Waals surface area contributed by atoms with Crippen molar-refractivity contribution in [1.29, 1.82) is 0 Å². The Morgan fingerprint density at radius 1 is 1.43 bits per heavy atom. The van der Waals surface area contributed by atoms with Gasteiger partial charge in [-0.25, -0.2) is 0 Å². The van der Waals surface area contributed by atoms with E-state index in [0.717, 1.165) is 39.0 Å². The zero-order valence-corrected chi connectivity index (χ0v) is 9.33. The molecule has 0 radical (unpaired) electrons. The largest absolute Gasteiger partial charge is 0.329 e. The van der Waals surface area contributed by atoms with Crippen LogP contribution in [-0.2, 0) is 4.79 Å². The minimum Gasteiger partial charge on any atom is -0.329 e. The van der Waals surface area contributed by atoms with Crippen LogP contribution in [0.4, 0.5) is 0 Å². The molecule has 0 amide bonds. The normalized spacial score (nSPS) is 20.3. The van der Waals surface area contributed by atoms with Crippen LogP contribution >= 0.6 is 0 Å². The van der Waals surface area contributed by atoms with E-state index in [0.29, 0.717) is 11.7 Å². The molecule has 1 rings (SSSR count). The lowest BCUT2D eigenvalue weighted by molar-refractivity contribution is -0.127. The molecule has 0 atom stereocenters. The van der Waals surface area contributed by atoms with Crippen molar-refractivity contribution < 1.29 is 4.79 Å². The van der Waals surface area contributed by atoms with Crippen LogP contribution in [0, 0.1) is 11.8 Å². The van der Waals surface area contributed by atoms with Crippen LogP contribution in [0.25, 0.3) is 0 Å². The van der Waals surface area contributed by atoms with Crippen molar-refractivity contribution in [2.24, 2.45) is 17.6 Å². The Labute approximate surface area is 86.6 Å². The molecule has 0 aromatic rings. The highest BCUT2D eigenvalue weighted by Crippen LogP contribution is 2.20. The molecule has 3 heteroatoms. The third kappa shape index (κ3) is 3.07. The van der Waals surface area contributed by atoms with Crippen LogP contribution in [0.5, 0.6) is 0 Å². The maximum Gasteiger partial charge on any atom is 0.138 e. The molecule has 2 N–H and O–H groups in total. The van der Waals surface area contributed by atoms with Gasteiger partial charge in [0, 0.05) is 24.9 Å². The van der Waals surface area contributed by atoms with E-state index in [1.165, 1.54) is 0 Å². The molecule has 0 spiro atoms. The Kier molecular flexibility index (Phi) is 4.55. The molecule has 1 aliphatic rings. The molecular formula is C11H22N2O. The van der Waals surface area contributed by atoms with Crippen LogP contribution in [-0.4, -0.2) is 36.9 Å². The summed E-state index contributed by atoms with van der Waals surface area (Å²) in [6, 6.07) is 0. The van der Waals surface area contributed by atoms with E-state index in [1.807, 2.05) is 13.8 Å². The molecule has 1 saturated heterocycles. The van der Waals surface area contributed by atoms with Crippen LogP contribution in [0.3, 0.4) is 0 Å². The van der Waals surface area contributed by atoms with E-state index in [2.05, 4.69) is 4.90 Å². The van der Waals surface area contributed by atoms with Crippen LogP contribution in [0.15, 0.2) is 0 Å². The van der Waals surface area contributed by atoms with Gasteiger partial charge in [-0.1, -0.05) is 13.8 Å². The molecule has 0 bridgehead atoms.